The molecule has 0 atom stereocenters. The zero-order chi connectivity index (χ0) is 15.5. The summed E-state index contributed by atoms with van der Waals surface area (Å²) in [5, 5.41) is 0. The van der Waals surface area contributed by atoms with Gasteiger partial charge in [-0.2, -0.15) is 12.7 Å². The summed E-state index contributed by atoms with van der Waals surface area (Å²) in [4.78, 5) is 1.67. The third kappa shape index (κ3) is 4.63. The van der Waals surface area contributed by atoms with Crippen molar-refractivity contribution in [3.63, 3.8) is 0 Å². The highest BCUT2D eigenvalue weighted by molar-refractivity contribution is 7.90. The molecule has 1 saturated heterocycles. The van der Waals surface area contributed by atoms with E-state index in [-0.39, 0.29) is 24.7 Å². The van der Waals surface area contributed by atoms with Crippen LogP contribution in [0.1, 0.15) is 0 Å². The summed E-state index contributed by atoms with van der Waals surface area (Å²) in [5.74, 6) is -0.597. The molecule has 1 fully saturated rings. The molecule has 10 heteroatoms. The Bertz CT molecular complexity index is 662. The molecule has 1 heterocycles. The van der Waals surface area contributed by atoms with Crippen LogP contribution in [-0.4, -0.2) is 58.1 Å². The van der Waals surface area contributed by atoms with Gasteiger partial charge in [-0.15, -0.1) is 0 Å². The third-order valence-electron chi connectivity index (χ3n) is 3.06. The van der Waals surface area contributed by atoms with Crippen LogP contribution in [0.4, 0.5) is 10.1 Å². The summed E-state index contributed by atoms with van der Waals surface area (Å²) in [6, 6.07) is 5.19. The van der Waals surface area contributed by atoms with Crippen LogP contribution in [-0.2, 0) is 20.9 Å². The van der Waals surface area contributed by atoms with E-state index in [9.17, 15) is 21.2 Å². The first-order chi connectivity index (χ1) is 9.87. The molecule has 0 aromatic heterocycles. The monoisotopic (exact) mass is 337 g/mol. The van der Waals surface area contributed by atoms with E-state index in [2.05, 4.69) is 4.72 Å². The highest BCUT2D eigenvalue weighted by Crippen LogP contribution is 2.14. The number of piperazine rings is 1. The number of nitrogens with zero attached hydrogens (tertiary/aromatic N) is 2. The number of nitrogens with one attached hydrogen (secondary N) is 1. The van der Waals surface area contributed by atoms with Crippen LogP contribution >= 0.6 is 0 Å². The van der Waals surface area contributed by atoms with Gasteiger partial charge in [-0.1, -0.05) is 6.07 Å². The summed E-state index contributed by atoms with van der Waals surface area (Å²) in [5.41, 5.74) is 0.153. The van der Waals surface area contributed by atoms with Gasteiger partial charge in [-0.05, 0) is 18.2 Å². The molecule has 0 saturated carbocycles. The van der Waals surface area contributed by atoms with Gasteiger partial charge in [-0.3, -0.25) is 9.62 Å². The Morgan fingerprint density at radius 3 is 2.43 bits per heavy atom. The maximum absolute atomic E-state index is 13.0. The molecule has 1 aliphatic heterocycles. The quantitative estimate of drug-likeness (QED) is 0.719. The largest absolute Gasteiger partial charge is 0.301 e. The van der Waals surface area contributed by atoms with Crippen LogP contribution in [0.5, 0.6) is 0 Å². The SMILES string of the molecule is O=[SH](=O)CN1CCN(S(=O)(=O)Nc2cccc(F)c2)CC1. The van der Waals surface area contributed by atoms with Gasteiger partial charge >= 0.3 is 10.2 Å². The Morgan fingerprint density at radius 1 is 1.19 bits per heavy atom. The molecular formula is C11H16FN3O4S2. The standard InChI is InChI=1S/C11H16FN3O4S2/c12-10-2-1-3-11(8-10)13-21(18,19)15-6-4-14(5-7-15)9-20(16)17/h1-3,8,13,20H,4-7,9H2. The van der Waals surface area contributed by atoms with E-state index in [1.54, 1.807) is 4.90 Å². The second-order valence-corrected chi connectivity index (χ2v) is 7.23. The molecule has 2 rings (SSSR count). The Labute approximate surface area is 124 Å². The molecule has 1 aromatic carbocycles. The number of halogens is 1. The van der Waals surface area contributed by atoms with Gasteiger partial charge in [0, 0.05) is 26.2 Å². The maximum Gasteiger partial charge on any atom is 0.301 e. The van der Waals surface area contributed by atoms with Crippen molar-refractivity contribution in [2.45, 2.75) is 0 Å². The first kappa shape index (κ1) is 16.1. The molecule has 0 bridgehead atoms. The van der Waals surface area contributed by atoms with Gasteiger partial charge in [0.15, 0.2) is 10.7 Å². The highest BCUT2D eigenvalue weighted by atomic mass is 32.2. The highest BCUT2D eigenvalue weighted by Gasteiger charge is 2.27. The van der Waals surface area contributed by atoms with E-state index in [1.165, 1.54) is 22.5 Å². The molecule has 0 unspecified atom stereocenters. The summed E-state index contributed by atoms with van der Waals surface area (Å²) in [6.07, 6.45) is 0. The van der Waals surface area contributed by atoms with Crippen LogP contribution in [0.15, 0.2) is 24.3 Å². The normalized spacial score (nSPS) is 18.0. The maximum atomic E-state index is 13.0. The molecule has 0 aliphatic carbocycles. The first-order valence-electron chi connectivity index (χ1n) is 6.24. The lowest BCUT2D eigenvalue weighted by Gasteiger charge is -2.32. The molecule has 21 heavy (non-hydrogen) atoms. The van der Waals surface area contributed by atoms with Crippen molar-refractivity contribution >= 4 is 26.6 Å². The van der Waals surface area contributed by atoms with Crippen molar-refractivity contribution < 1.29 is 21.2 Å². The van der Waals surface area contributed by atoms with Gasteiger partial charge in [0.1, 0.15) is 5.82 Å². The van der Waals surface area contributed by atoms with E-state index >= 15 is 0 Å². The molecule has 7 nitrogen and oxygen atoms in total. The lowest BCUT2D eigenvalue weighted by Crippen LogP contribution is -2.50. The van der Waals surface area contributed by atoms with E-state index in [0.29, 0.717) is 13.1 Å². The summed E-state index contributed by atoms with van der Waals surface area (Å²) < 4.78 is 62.1. The molecule has 1 N–H and O–H groups in total. The minimum atomic E-state index is -3.77. The lowest BCUT2D eigenvalue weighted by molar-refractivity contribution is 0.213. The fraction of sp³-hybridized carbons (Fsp3) is 0.455. The van der Waals surface area contributed by atoms with Gasteiger partial charge in [0.2, 0.25) is 0 Å². The van der Waals surface area contributed by atoms with Crippen LogP contribution in [0.2, 0.25) is 0 Å². The number of hydrogen-bond donors (Lipinski definition) is 2. The van der Waals surface area contributed by atoms with E-state index in [1.807, 2.05) is 0 Å². The van der Waals surface area contributed by atoms with Crippen LogP contribution in [0, 0.1) is 5.82 Å². The van der Waals surface area contributed by atoms with Crippen LogP contribution in [0.3, 0.4) is 0 Å². The molecule has 0 spiro atoms. The smallest absolute Gasteiger partial charge is 0.287 e. The fourth-order valence-electron chi connectivity index (χ4n) is 2.04. The number of benzene rings is 1. The Kier molecular flexibility index (Phi) is 5.14. The van der Waals surface area contributed by atoms with Crippen molar-refractivity contribution in [3.8, 4) is 0 Å². The van der Waals surface area contributed by atoms with Crippen LogP contribution < -0.4 is 4.72 Å². The number of thiol groups is 1. The third-order valence-corrected chi connectivity index (χ3v) is 5.23. The average Bonchev–Trinajstić information content (AvgIpc) is 2.38. The summed E-state index contributed by atoms with van der Waals surface area (Å²) in [7, 11) is -6.27. The summed E-state index contributed by atoms with van der Waals surface area (Å²) in [6.45, 7) is 1.06. The molecule has 0 amide bonds. The van der Waals surface area contributed by atoms with E-state index in [4.69, 9.17) is 0 Å². The topological polar surface area (TPSA) is 86.8 Å². The van der Waals surface area contributed by atoms with Crippen molar-refractivity contribution in [2.75, 3.05) is 36.8 Å². The zero-order valence-corrected chi connectivity index (χ0v) is 12.8. The minimum Gasteiger partial charge on any atom is -0.287 e. The van der Waals surface area contributed by atoms with Crippen molar-refractivity contribution in [3.05, 3.63) is 30.1 Å². The molecule has 118 valence electrons. The number of rotatable bonds is 5. The predicted octanol–water partition coefficient (Wildman–Crippen LogP) is -0.331. The summed E-state index contributed by atoms with van der Waals surface area (Å²) >= 11 is 0. The lowest BCUT2D eigenvalue weighted by atomic mass is 10.3. The van der Waals surface area contributed by atoms with Gasteiger partial charge in [0.25, 0.3) is 0 Å². The molecule has 1 aliphatic rings. The fourth-order valence-corrected chi connectivity index (χ4v) is 3.85. The predicted molar refractivity (Wildman–Crippen MR) is 77.3 cm³/mol. The number of hydrogen-bond acceptors (Lipinski definition) is 5. The van der Waals surface area contributed by atoms with Gasteiger partial charge in [0.05, 0.1) is 11.6 Å². The Hall–Kier alpha value is -1.23. The van der Waals surface area contributed by atoms with Crippen molar-refractivity contribution in [2.24, 2.45) is 0 Å². The van der Waals surface area contributed by atoms with Crippen molar-refractivity contribution in [1.29, 1.82) is 0 Å². The first-order valence-corrected chi connectivity index (χ1v) is 9.05. The van der Waals surface area contributed by atoms with Gasteiger partial charge < -0.3 is 0 Å². The average molecular weight is 337 g/mol. The van der Waals surface area contributed by atoms with Crippen molar-refractivity contribution in [1.82, 2.24) is 9.21 Å². The second-order valence-electron chi connectivity index (χ2n) is 4.61. The molecule has 1 aromatic rings. The van der Waals surface area contributed by atoms with Crippen LogP contribution in [0.25, 0.3) is 0 Å². The Balaban J connectivity index is 1.98. The molecule has 0 radical (unpaired) electrons. The number of anilines is 1. The zero-order valence-electron chi connectivity index (χ0n) is 11.1. The second kappa shape index (κ2) is 6.69. The Morgan fingerprint density at radius 2 is 1.86 bits per heavy atom. The van der Waals surface area contributed by atoms with Gasteiger partial charge in [-0.25, -0.2) is 12.8 Å². The molecular weight excluding hydrogens is 321 g/mol. The minimum absolute atomic E-state index is 0.0689. The van der Waals surface area contributed by atoms with E-state index in [0.717, 1.165) is 6.07 Å². The van der Waals surface area contributed by atoms with E-state index < -0.39 is 26.7 Å².